The SMILES string of the molecule is CNCc1cc(F)ccc1N1CCOCC1CO. The maximum atomic E-state index is 13.3. The third-order valence-corrected chi connectivity index (χ3v) is 3.16. The molecule has 1 heterocycles. The Bertz CT molecular complexity index is 401. The molecule has 0 aromatic heterocycles. The number of benzene rings is 1. The molecule has 1 unspecified atom stereocenters. The van der Waals surface area contributed by atoms with Crippen LogP contribution in [0.15, 0.2) is 18.2 Å². The second-order valence-corrected chi connectivity index (χ2v) is 4.41. The van der Waals surface area contributed by atoms with Gasteiger partial charge in [0.15, 0.2) is 0 Å². The van der Waals surface area contributed by atoms with Crippen molar-refractivity contribution in [2.24, 2.45) is 0 Å². The fraction of sp³-hybridized carbons (Fsp3) is 0.538. The molecule has 2 N–H and O–H groups in total. The molecule has 1 aromatic carbocycles. The van der Waals surface area contributed by atoms with Crippen molar-refractivity contribution in [3.05, 3.63) is 29.6 Å². The molecule has 1 aromatic rings. The molecule has 0 spiro atoms. The predicted molar refractivity (Wildman–Crippen MR) is 68.2 cm³/mol. The van der Waals surface area contributed by atoms with E-state index in [1.54, 1.807) is 6.07 Å². The molecule has 1 aliphatic heterocycles. The molecule has 0 bridgehead atoms. The second-order valence-electron chi connectivity index (χ2n) is 4.41. The Hall–Kier alpha value is -1.17. The highest BCUT2D eigenvalue weighted by molar-refractivity contribution is 5.55. The van der Waals surface area contributed by atoms with Crippen LogP contribution in [0, 0.1) is 5.82 Å². The zero-order valence-corrected chi connectivity index (χ0v) is 10.5. The van der Waals surface area contributed by atoms with Crippen molar-refractivity contribution < 1.29 is 14.2 Å². The first kappa shape index (κ1) is 13.3. The van der Waals surface area contributed by atoms with Gasteiger partial charge in [-0.2, -0.15) is 0 Å². The van der Waals surface area contributed by atoms with E-state index in [1.807, 2.05) is 7.05 Å². The summed E-state index contributed by atoms with van der Waals surface area (Å²) < 4.78 is 18.7. The van der Waals surface area contributed by atoms with Crippen LogP contribution in [0.3, 0.4) is 0 Å². The molecule has 4 nitrogen and oxygen atoms in total. The van der Waals surface area contributed by atoms with Crippen LogP contribution >= 0.6 is 0 Å². The minimum absolute atomic E-state index is 0.0381. The number of ether oxygens (including phenoxy) is 1. The number of hydrogen-bond donors (Lipinski definition) is 2. The van der Waals surface area contributed by atoms with Gasteiger partial charge in [0, 0.05) is 18.8 Å². The number of nitrogens with zero attached hydrogens (tertiary/aromatic N) is 1. The average molecular weight is 254 g/mol. The minimum atomic E-state index is -0.238. The Morgan fingerprint density at radius 2 is 2.39 bits per heavy atom. The largest absolute Gasteiger partial charge is 0.394 e. The number of halogens is 1. The van der Waals surface area contributed by atoms with Gasteiger partial charge in [0.1, 0.15) is 5.82 Å². The van der Waals surface area contributed by atoms with E-state index in [4.69, 9.17) is 4.74 Å². The molecule has 2 rings (SSSR count). The molecule has 5 heteroatoms. The summed E-state index contributed by atoms with van der Waals surface area (Å²) in [4.78, 5) is 2.09. The fourth-order valence-electron chi connectivity index (χ4n) is 2.29. The van der Waals surface area contributed by atoms with Crippen molar-refractivity contribution in [1.82, 2.24) is 5.32 Å². The fourth-order valence-corrected chi connectivity index (χ4v) is 2.29. The highest BCUT2D eigenvalue weighted by Gasteiger charge is 2.24. The van der Waals surface area contributed by atoms with E-state index in [9.17, 15) is 9.50 Å². The van der Waals surface area contributed by atoms with Gasteiger partial charge in [-0.3, -0.25) is 0 Å². The first-order valence-corrected chi connectivity index (χ1v) is 6.14. The molecule has 1 atom stereocenters. The summed E-state index contributed by atoms with van der Waals surface area (Å²) in [6.45, 7) is 2.49. The van der Waals surface area contributed by atoms with Crippen molar-refractivity contribution >= 4 is 5.69 Å². The van der Waals surface area contributed by atoms with E-state index in [-0.39, 0.29) is 18.5 Å². The van der Waals surface area contributed by atoms with Crippen LogP contribution in [0.1, 0.15) is 5.56 Å². The Morgan fingerprint density at radius 1 is 1.56 bits per heavy atom. The summed E-state index contributed by atoms with van der Waals surface area (Å²) in [5, 5.41) is 12.4. The lowest BCUT2D eigenvalue weighted by Crippen LogP contribution is -2.48. The summed E-state index contributed by atoms with van der Waals surface area (Å²) in [6.07, 6.45) is 0. The Kier molecular flexibility index (Phi) is 4.52. The van der Waals surface area contributed by atoms with Crippen molar-refractivity contribution in [2.75, 3.05) is 38.3 Å². The third-order valence-electron chi connectivity index (χ3n) is 3.16. The standard InChI is InChI=1S/C13H19FN2O2/c1-15-7-10-6-11(14)2-3-13(10)16-4-5-18-9-12(16)8-17/h2-3,6,12,15,17H,4-5,7-9H2,1H3. The summed E-state index contributed by atoms with van der Waals surface area (Å²) in [6, 6.07) is 4.71. The molecule has 1 aliphatic rings. The maximum Gasteiger partial charge on any atom is 0.123 e. The first-order chi connectivity index (χ1) is 8.76. The van der Waals surface area contributed by atoms with Crippen LogP contribution < -0.4 is 10.2 Å². The highest BCUT2D eigenvalue weighted by Crippen LogP contribution is 2.25. The maximum absolute atomic E-state index is 13.3. The van der Waals surface area contributed by atoms with Gasteiger partial charge in [0.2, 0.25) is 0 Å². The van der Waals surface area contributed by atoms with Crippen LogP contribution in [0.5, 0.6) is 0 Å². The predicted octanol–water partition coefficient (Wildman–Crippen LogP) is 0.743. The van der Waals surface area contributed by atoms with E-state index in [1.165, 1.54) is 12.1 Å². The molecular weight excluding hydrogens is 235 g/mol. The number of nitrogens with one attached hydrogen (secondary N) is 1. The van der Waals surface area contributed by atoms with Gasteiger partial charge in [-0.15, -0.1) is 0 Å². The van der Waals surface area contributed by atoms with Crippen LogP contribution in [0.2, 0.25) is 0 Å². The van der Waals surface area contributed by atoms with Crippen LogP contribution in [-0.4, -0.2) is 44.6 Å². The monoisotopic (exact) mass is 254 g/mol. The van der Waals surface area contributed by atoms with Crippen LogP contribution in [0.25, 0.3) is 0 Å². The number of aliphatic hydroxyl groups is 1. The molecule has 0 amide bonds. The topological polar surface area (TPSA) is 44.7 Å². The quantitative estimate of drug-likeness (QED) is 0.832. The average Bonchev–Trinajstić information content (AvgIpc) is 2.39. The summed E-state index contributed by atoms with van der Waals surface area (Å²) >= 11 is 0. The van der Waals surface area contributed by atoms with Crippen LogP contribution in [0.4, 0.5) is 10.1 Å². The molecule has 0 saturated carbocycles. The summed E-state index contributed by atoms with van der Waals surface area (Å²) in [5.41, 5.74) is 1.87. The van der Waals surface area contributed by atoms with Gasteiger partial charge in [0.25, 0.3) is 0 Å². The minimum Gasteiger partial charge on any atom is -0.394 e. The Labute approximate surface area is 106 Å². The van der Waals surface area contributed by atoms with E-state index in [2.05, 4.69) is 10.2 Å². The highest BCUT2D eigenvalue weighted by atomic mass is 19.1. The smallest absolute Gasteiger partial charge is 0.123 e. The molecule has 1 fully saturated rings. The lowest BCUT2D eigenvalue weighted by molar-refractivity contribution is 0.0726. The third kappa shape index (κ3) is 2.80. The normalized spacial score (nSPS) is 20.2. The molecule has 1 saturated heterocycles. The van der Waals surface area contributed by atoms with Crippen molar-refractivity contribution in [3.8, 4) is 0 Å². The molecular formula is C13H19FN2O2. The van der Waals surface area contributed by atoms with Gasteiger partial charge in [-0.25, -0.2) is 4.39 Å². The molecule has 0 aliphatic carbocycles. The Morgan fingerprint density at radius 3 is 3.11 bits per heavy atom. The van der Waals surface area contributed by atoms with E-state index in [0.717, 1.165) is 11.3 Å². The molecule has 0 radical (unpaired) electrons. The molecule has 100 valence electrons. The van der Waals surface area contributed by atoms with Crippen molar-refractivity contribution in [2.45, 2.75) is 12.6 Å². The first-order valence-electron chi connectivity index (χ1n) is 6.14. The molecule has 18 heavy (non-hydrogen) atoms. The van der Waals surface area contributed by atoms with Crippen molar-refractivity contribution in [1.29, 1.82) is 0 Å². The summed E-state index contributed by atoms with van der Waals surface area (Å²) in [7, 11) is 1.83. The lowest BCUT2D eigenvalue weighted by Gasteiger charge is -2.37. The zero-order chi connectivity index (χ0) is 13.0. The number of aliphatic hydroxyl groups excluding tert-OH is 1. The number of rotatable bonds is 4. The number of anilines is 1. The number of morpholine rings is 1. The van der Waals surface area contributed by atoms with E-state index in [0.29, 0.717) is 26.3 Å². The second kappa shape index (κ2) is 6.13. The lowest BCUT2D eigenvalue weighted by atomic mass is 10.1. The van der Waals surface area contributed by atoms with Crippen LogP contribution in [-0.2, 0) is 11.3 Å². The van der Waals surface area contributed by atoms with Gasteiger partial charge in [-0.1, -0.05) is 0 Å². The van der Waals surface area contributed by atoms with Crippen molar-refractivity contribution in [3.63, 3.8) is 0 Å². The Balaban J connectivity index is 2.29. The van der Waals surface area contributed by atoms with Gasteiger partial charge in [0.05, 0.1) is 25.9 Å². The van der Waals surface area contributed by atoms with E-state index < -0.39 is 0 Å². The van der Waals surface area contributed by atoms with Gasteiger partial charge < -0.3 is 20.1 Å². The van der Waals surface area contributed by atoms with Gasteiger partial charge in [-0.05, 0) is 30.8 Å². The number of hydrogen-bond acceptors (Lipinski definition) is 4. The zero-order valence-electron chi connectivity index (χ0n) is 10.5. The van der Waals surface area contributed by atoms with E-state index >= 15 is 0 Å². The van der Waals surface area contributed by atoms with Gasteiger partial charge >= 0.3 is 0 Å². The summed E-state index contributed by atoms with van der Waals surface area (Å²) in [5.74, 6) is -0.238.